The molecule has 0 aliphatic carbocycles. The fraction of sp³-hybridized carbons (Fsp3) is 0.727. The third-order valence-corrected chi connectivity index (χ3v) is 4.52. The van der Waals surface area contributed by atoms with Gasteiger partial charge in [0.1, 0.15) is 0 Å². The number of carbonyl (C=O) groups is 1. The average molecular weight is 350 g/mol. The van der Waals surface area contributed by atoms with Crippen LogP contribution in [0.25, 0.3) is 0 Å². The first kappa shape index (κ1) is 16.3. The predicted molar refractivity (Wildman–Crippen MR) is 77.8 cm³/mol. The summed E-state index contributed by atoms with van der Waals surface area (Å²) in [7, 11) is -1.09. The Kier molecular flexibility index (Phi) is 6.15. The molecule has 0 saturated heterocycles. The fourth-order valence-corrected chi connectivity index (χ4v) is 2.42. The second-order valence-electron chi connectivity index (χ2n) is 5.28. The lowest BCUT2D eigenvalue weighted by Gasteiger charge is -2.14. The lowest BCUT2D eigenvalue weighted by Crippen LogP contribution is -2.22. The first-order valence-corrected chi connectivity index (χ1v) is 10.7. The summed E-state index contributed by atoms with van der Waals surface area (Å²) in [5, 5.41) is 8.09. The molecule has 0 aromatic carbocycles. The van der Waals surface area contributed by atoms with Gasteiger partial charge >= 0.3 is 5.97 Å². The Bertz CT molecular complexity index is 431. The van der Waals surface area contributed by atoms with Crippen molar-refractivity contribution in [2.45, 2.75) is 39.3 Å². The number of esters is 1. The quantitative estimate of drug-likeness (QED) is 0.429. The van der Waals surface area contributed by atoms with Gasteiger partial charge < -0.3 is 9.47 Å². The van der Waals surface area contributed by atoms with Gasteiger partial charge in [0.05, 0.1) is 6.61 Å². The number of nitrogens with zero attached hydrogens (tertiary/aromatic N) is 3. The summed E-state index contributed by atoms with van der Waals surface area (Å²) < 4.78 is 10.8. The monoisotopic (exact) mass is 349 g/mol. The molecule has 1 heterocycles. The molecule has 0 aliphatic heterocycles. The highest BCUT2D eigenvalue weighted by Crippen LogP contribution is 2.12. The molecular weight excluding hydrogens is 330 g/mol. The van der Waals surface area contributed by atoms with E-state index in [0.717, 1.165) is 6.04 Å². The normalized spacial score (nSPS) is 11.6. The molecular formula is C11H20BrN3O3Si. The van der Waals surface area contributed by atoms with Crippen LogP contribution < -0.4 is 0 Å². The van der Waals surface area contributed by atoms with Gasteiger partial charge in [-0.3, -0.25) is 0 Å². The van der Waals surface area contributed by atoms with E-state index in [1.54, 1.807) is 6.92 Å². The van der Waals surface area contributed by atoms with Crippen LogP contribution in [-0.2, 0) is 16.2 Å². The van der Waals surface area contributed by atoms with Crippen molar-refractivity contribution in [3.05, 3.63) is 10.3 Å². The van der Waals surface area contributed by atoms with E-state index in [9.17, 15) is 4.79 Å². The molecule has 6 nitrogen and oxygen atoms in total. The predicted octanol–water partition coefficient (Wildman–Crippen LogP) is 2.53. The van der Waals surface area contributed by atoms with Gasteiger partial charge in [0.2, 0.25) is 5.69 Å². The average Bonchev–Trinajstić information content (AvgIpc) is 2.65. The Morgan fingerprint density at radius 1 is 1.37 bits per heavy atom. The number of carbonyl (C=O) groups excluding carboxylic acids is 1. The topological polar surface area (TPSA) is 66.2 Å². The minimum absolute atomic E-state index is 0.177. The highest BCUT2D eigenvalue weighted by molar-refractivity contribution is 9.10. The molecule has 0 atom stereocenters. The molecule has 0 bridgehead atoms. The number of rotatable bonds is 7. The zero-order chi connectivity index (χ0) is 14.5. The molecule has 108 valence electrons. The van der Waals surface area contributed by atoms with Crippen LogP contribution >= 0.6 is 15.9 Å². The van der Waals surface area contributed by atoms with Crippen LogP contribution in [0.15, 0.2) is 4.60 Å². The van der Waals surface area contributed by atoms with Crippen LogP contribution in [0, 0.1) is 0 Å². The van der Waals surface area contributed by atoms with E-state index < -0.39 is 14.0 Å². The molecule has 1 rings (SSSR count). The van der Waals surface area contributed by atoms with E-state index in [4.69, 9.17) is 9.47 Å². The Labute approximate surface area is 122 Å². The Morgan fingerprint density at radius 2 is 2.05 bits per heavy atom. The molecule has 0 radical (unpaired) electrons. The maximum Gasteiger partial charge on any atom is 0.361 e. The first-order chi connectivity index (χ1) is 8.83. The number of halogens is 1. The lowest BCUT2D eigenvalue weighted by molar-refractivity contribution is 0.0506. The Hall–Kier alpha value is -0.733. The number of hydrogen-bond donors (Lipinski definition) is 0. The van der Waals surface area contributed by atoms with Crippen molar-refractivity contribution >= 4 is 30.0 Å². The zero-order valence-corrected chi connectivity index (χ0v) is 14.4. The molecule has 0 spiro atoms. The number of ether oxygens (including phenoxy) is 2. The van der Waals surface area contributed by atoms with E-state index in [0.29, 0.717) is 17.8 Å². The van der Waals surface area contributed by atoms with Gasteiger partial charge in [-0.1, -0.05) is 19.6 Å². The van der Waals surface area contributed by atoms with Crippen molar-refractivity contribution < 1.29 is 14.3 Å². The second kappa shape index (κ2) is 7.16. The minimum atomic E-state index is -1.09. The maximum atomic E-state index is 11.5. The maximum absolute atomic E-state index is 11.5. The Balaban J connectivity index is 2.48. The van der Waals surface area contributed by atoms with Crippen LogP contribution in [0.4, 0.5) is 0 Å². The van der Waals surface area contributed by atoms with Crippen LogP contribution in [0.2, 0.25) is 25.7 Å². The molecule has 0 N–H and O–H groups in total. The fourth-order valence-electron chi connectivity index (χ4n) is 1.23. The zero-order valence-electron chi connectivity index (χ0n) is 11.8. The van der Waals surface area contributed by atoms with E-state index in [-0.39, 0.29) is 12.4 Å². The molecule has 8 heteroatoms. The molecule has 0 amide bonds. The van der Waals surface area contributed by atoms with E-state index in [1.165, 1.54) is 4.80 Å². The highest BCUT2D eigenvalue weighted by Gasteiger charge is 2.18. The third-order valence-electron chi connectivity index (χ3n) is 2.29. The molecule has 1 aromatic heterocycles. The summed E-state index contributed by atoms with van der Waals surface area (Å²) in [5.41, 5.74) is 0.177. The molecule has 1 aromatic rings. The summed E-state index contributed by atoms with van der Waals surface area (Å²) in [6.07, 6.45) is 0. The standard InChI is InChI=1S/C11H20BrN3O3Si/c1-5-18-11(16)9-10(12)14-15(13-9)8-17-6-7-19(2,3)4/h5-8H2,1-4H3. The van der Waals surface area contributed by atoms with Crippen LogP contribution in [-0.4, -0.2) is 42.3 Å². The molecule has 0 saturated carbocycles. The molecule has 0 aliphatic rings. The summed E-state index contributed by atoms with van der Waals surface area (Å²) in [6, 6.07) is 1.08. The van der Waals surface area contributed by atoms with Crippen molar-refractivity contribution in [3.63, 3.8) is 0 Å². The summed E-state index contributed by atoms with van der Waals surface area (Å²) in [5.74, 6) is -0.484. The summed E-state index contributed by atoms with van der Waals surface area (Å²) in [6.45, 7) is 9.85. The largest absolute Gasteiger partial charge is 0.461 e. The van der Waals surface area contributed by atoms with Crippen LogP contribution in [0.1, 0.15) is 17.4 Å². The van der Waals surface area contributed by atoms with Gasteiger partial charge in [-0.05, 0) is 28.9 Å². The van der Waals surface area contributed by atoms with Gasteiger partial charge in [0, 0.05) is 14.7 Å². The highest BCUT2D eigenvalue weighted by atomic mass is 79.9. The first-order valence-electron chi connectivity index (χ1n) is 6.19. The minimum Gasteiger partial charge on any atom is -0.461 e. The SMILES string of the molecule is CCOC(=O)c1nn(COCC[Si](C)(C)C)nc1Br. The van der Waals surface area contributed by atoms with Crippen molar-refractivity contribution in [2.24, 2.45) is 0 Å². The van der Waals surface area contributed by atoms with Crippen molar-refractivity contribution in [2.75, 3.05) is 13.2 Å². The van der Waals surface area contributed by atoms with Gasteiger partial charge in [-0.2, -0.15) is 4.80 Å². The van der Waals surface area contributed by atoms with Gasteiger partial charge in [-0.25, -0.2) is 4.79 Å². The summed E-state index contributed by atoms with van der Waals surface area (Å²) in [4.78, 5) is 12.9. The van der Waals surface area contributed by atoms with E-state index in [1.807, 2.05) is 0 Å². The smallest absolute Gasteiger partial charge is 0.361 e. The molecule has 0 unspecified atom stereocenters. The van der Waals surface area contributed by atoms with Crippen LogP contribution in [0.3, 0.4) is 0 Å². The van der Waals surface area contributed by atoms with Crippen molar-refractivity contribution in [1.29, 1.82) is 0 Å². The van der Waals surface area contributed by atoms with Crippen molar-refractivity contribution in [3.8, 4) is 0 Å². The van der Waals surface area contributed by atoms with Crippen LogP contribution in [0.5, 0.6) is 0 Å². The summed E-state index contributed by atoms with van der Waals surface area (Å²) >= 11 is 3.18. The van der Waals surface area contributed by atoms with Gasteiger partial charge in [0.15, 0.2) is 11.3 Å². The molecule has 0 fully saturated rings. The Morgan fingerprint density at radius 3 is 2.63 bits per heavy atom. The number of aromatic nitrogens is 3. The lowest BCUT2D eigenvalue weighted by atomic mass is 10.5. The third kappa shape index (κ3) is 5.83. The second-order valence-corrected chi connectivity index (χ2v) is 11.7. The van der Waals surface area contributed by atoms with E-state index >= 15 is 0 Å². The number of hydrogen-bond acceptors (Lipinski definition) is 5. The van der Waals surface area contributed by atoms with Gasteiger partial charge in [0.25, 0.3) is 0 Å². The van der Waals surface area contributed by atoms with Gasteiger partial charge in [-0.15, -0.1) is 10.2 Å². The van der Waals surface area contributed by atoms with Crippen molar-refractivity contribution in [1.82, 2.24) is 15.0 Å². The molecule has 19 heavy (non-hydrogen) atoms. The van der Waals surface area contributed by atoms with E-state index in [2.05, 4.69) is 45.8 Å².